The van der Waals surface area contributed by atoms with E-state index in [1.54, 1.807) is 0 Å². The van der Waals surface area contributed by atoms with E-state index in [4.69, 9.17) is 5.73 Å². The fraction of sp³-hybridized carbons (Fsp3) is 0.375. The summed E-state index contributed by atoms with van der Waals surface area (Å²) in [5.74, 6) is 0. The van der Waals surface area contributed by atoms with Crippen molar-refractivity contribution in [3.05, 3.63) is 38.9 Å². The van der Waals surface area contributed by atoms with Gasteiger partial charge in [-0.2, -0.15) is 0 Å². The molecule has 2 N–H and O–H groups in total. The van der Waals surface area contributed by atoms with Crippen LogP contribution in [0.2, 0.25) is 0 Å². The zero-order chi connectivity index (χ0) is 13.7. The Hall–Kier alpha value is -1.02. The first-order chi connectivity index (χ1) is 8.58. The predicted octanol–water partition coefficient (Wildman–Crippen LogP) is 5.36. The fourth-order valence-corrected chi connectivity index (χ4v) is 2.79. The molecule has 2 heteroatoms. The molecule has 0 fully saturated rings. The van der Waals surface area contributed by atoms with E-state index in [2.05, 4.69) is 61.0 Å². The van der Waals surface area contributed by atoms with Gasteiger partial charge in [-0.25, -0.2) is 0 Å². The molecule has 98 valence electrons. The van der Waals surface area contributed by atoms with Gasteiger partial charge in [-0.15, -0.1) is 0 Å². The minimum absolute atomic E-state index is 0.836. The standard InChI is InChI=1S/C16H22BrN/c1-5-8-10-13-11(4)12(7-3)14(9-6-2)15(17)16(13)18/h6,8-10H,5,7,18H2,1-4H3/b9-6-,10-8-. The van der Waals surface area contributed by atoms with Crippen LogP contribution in [0.3, 0.4) is 0 Å². The van der Waals surface area contributed by atoms with E-state index in [9.17, 15) is 0 Å². The molecule has 0 heterocycles. The number of anilines is 1. The molecule has 0 saturated carbocycles. The molecular weight excluding hydrogens is 286 g/mol. The van der Waals surface area contributed by atoms with Crippen molar-refractivity contribution in [2.75, 3.05) is 5.73 Å². The molecule has 1 rings (SSSR count). The SMILES string of the molecule is C/C=C\c1c(Br)c(N)c(/C=C\CC)c(C)c1CC. The van der Waals surface area contributed by atoms with Crippen LogP contribution >= 0.6 is 15.9 Å². The average Bonchev–Trinajstić information content (AvgIpc) is 2.36. The van der Waals surface area contributed by atoms with Crippen LogP contribution in [-0.2, 0) is 6.42 Å². The number of halogens is 1. The van der Waals surface area contributed by atoms with Crippen LogP contribution in [0.15, 0.2) is 16.6 Å². The van der Waals surface area contributed by atoms with Gasteiger partial charge in [0.2, 0.25) is 0 Å². The van der Waals surface area contributed by atoms with Crippen LogP contribution in [0.5, 0.6) is 0 Å². The summed E-state index contributed by atoms with van der Waals surface area (Å²) in [5.41, 5.74) is 12.1. The number of hydrogen-bond donors (Lipinski definition) is 1. The van der Waals surface area contributed by atoms with Crippen molar-refractivity contribution >= 4 is 33.8 Å². The second-order valence-electron chi connectivity index (χ2n) is 4.32. The number of nitrogens with two attached hydrogens (primary N) is 1. The van der Waals surface area contributed by atoms with E-state index in [-0.39, 0.29) is 0 Å². The quantitative estimate of drug-likeness (QED) is 0.745. The normalized spacial score (nSPS) is 11.8. The Morgan fingerprint density at radius 2 is 1.83 bits per heavy atom. The topological polar surface area (TPSA) is 26.0 Å². The van der Waals surface area contributed by atoms with E-state index >= 15 is 0 Å². The first-order valence-corrected chi connectivity index (χ1v) is 7.27. The molecule has 0 radical (unpaired) electrons. The summed E-state index contributed by atoms with van der Waals surface area (Å²) in [6.07, 6.45) is 10.5. The second kappa shape index (κ2) is 6.79. The summed E-state index contributed by atoms with van der Waals surface area (Å²) in [5, 5.41) is 0. The molecule has 0 spiro atoms. The van der Waals surface area contributed by atoms with Gasteiger partial charge in [0, 0.05) is 10.0 Å². The average molecular weight is 308 g/mol. The third kappa shape index (κ3) is 2.86. The number of nitrogen functional groups attached to an aromatic ring is 1. The molecule has 0 amide bonds. The molecule has 0 atom stereocenters. The van der Waals surface area contributed by atoms with Crippen molar-refractivity contribution < 1.29 is 0 Å². The number of hydrogen-bond acceptors (Lipinski definition) is 1. The van der Waals surface area contributed by atoms with E-state index in [1.165, 1.54) is 16.7 Å². The summed E-state index contributed by atoms with van der Waals surface area (Å²) < 4.78 is 1.01. The van der Waals surface area contributed by atoms with Gasteiger partial charge in [0.05, 0.1) is 5.69 Å². The molecule has 18 heavy (non-hydrogen) atoms. The minimum atomic E-state index is 0.836. The first kappa shape index (κ1) is 15.0. The Kier molecular flexibility index (Phi) is 5.67. The Bertz CT molecular complexity index is 485. The highest BCUT2D eigenvalue weighted by atomic mass is 79.9. The van der Waals surface area contributed by atoms with Crippen molar-refractivity contribution in [2.45, 2.75) is 40.5 Å². The third-order valence-corrected chi connectivity index (χ3v) is 4.01. The number of benzene rings is 1. The highest BCUT2D eigenvalue weighted by molar-refractivity contribution is 9.10. The van der Waals surface area contributed by atoms with Crippen LogP contribution in [0.4, 0.5) is 5.69 Å². The smallest absolute Gasteiger partial charge is 0.0541 e. The molecule has 0 unspecified atom stereocenters. The highest BCUT2D eigenvalue weighted by Gasteiger charge is 2.14. The van der Waals surface area contributed by atoms with Gasteiger partial charge in [0.15, 0.2) is 0 Å². The van der Waals surface area contributed by atoms with E-state index in [0.717, 1.165) is 28.6 Å². The lowest BCUT2D eigenvalue weighted by Gasteiger charge is -2.17. The molecule has 0 saturated heterocycles. The molecule has 1 aromatic carbocycles. The number of rotatable bonds is 4. The van der Waals surface area contributed by atoms with Gasteiger partial charge in [-0.1, -0.05) is 38.2 Å². The van der Waals surface area contributed by atoms with E-state index in [1.807, 2.05) is 6.92 Å². The Labute approximate surface area is 119 Å². The lowest BCUT2D eigenvalue weighted by molar-refractivity contribution is 1.09. The Morgan fingerprint density at radius 3 is 2.33 bits per heavy atom. The van der Waals surface area contributed by atoms with E-state index < -0.39 is 0 Å². The van der Waals surface area contributed by atoms with Crippen LogP contribution in [0, 0.1) is 6.92 Å². The van der Waals surface area contributed by atoms with Crippen LogP contribution in [0.25, 0.3) is 12.2 Å². The molecule has 1 nitrogen and oxygen atoms in total. The predicted molar refractivity (Wildman–Crippen MR) is 86.7 cm³/mol. The Morgan fingerprint density at radius 1 is 1.17 bits per heavy atom. The molecule has 1 aromatic rings. The van der Waals surface area contributed by atoms with Crippen LogP contribution < -0.4 is 5.73 Å². The number of allylic oxidation sites excluding steroid dienone is 2. The van der Waals surface area contributed by atoms with Crippen molar-refractivity contribution in [2.24, 2.45) is 0 Å². The molecule has 0 aliphatic carbocycles. The van der Waals surface area contributed by atoms with Crippen LogP contribution in [-0.4, -0.2) is 0 Å². The monoisotopic (exact) mass is 307 g/mol. The lowest BCUT2D eigenvalue weighted by Crippen LogP contribution is -2.02. The zero-order valence-electron chi connectivity index (χ0n) is 11.7. The molecule has 0 aliphatic heterocycles. The van der Waals surface area contributed by atoms with Crippen molar-refractivity contribution in [3.63, 3.8) is 0 Å². The maximum Gasteiger partial charge on any atom is 0.0541 e. The molecule has 0 aliphatic rings. The summed E-state index contributed by atoms with van der Waals surface area (Å²) in [7, 11) is 0. The summed E-state index contributed by atoms with van der Waals surface area (Å²) >= 11 is 3.64. The molecule has 0 aromatic heterocycles. The van der Waals surface area contributed by atoms with Crippen molar-refractivity contribution in [3.8, 4) is 0 Å². The second-order valence-corrected chi connectivity index (χ2v) is 5.12. The fourth-order valence-electron chi connectivity index (χ4n) is 2.21. The lowest BCUT2D eigenvalue weighted by atomic mass is 9.93. The van der Waals surface area contributed by atoms with Gasteiger partial charge >= 0.3 is 0 Å². The maximum atomic E-state index is 6.25. The molecule has 0 bridgehead atoms. The van der Waals surface area contributed by atoms with Crippen LogP contribution in [0.1, 0.15) is 49.4 Å². The van der Waals surface area contributed by atoms with Gasteiger partial charge in [0.25, 0.3) is 0 Å². The Balaban J connectivity index is 3.59. The summed E-state index contributed by atoms with van der Waals surface area (Å²) in [4.78, 5) is 0. The van der Waals surface area contributed by atoms with Crippen molar-refractivity contribution in [1.29, 1.82) is 0 Å². The maximum absolute atomic E-state index is 6.25. The minimum Gasteiger partial charge on any atom is -0.397 e. The highest BCUT2D eigenvalue weighted by Crippen LogP contribution is 2.36. The molecular formula is C16H22BrN. The summed E-state index contributed by atoms with van der Waals surface area (Å²) in [6.45, 7) is 8.50. The van der Waals surface area contributed by atoms with E-state index in [0.29, 0.717) is 0 Å². The van der Waals surface area contributed by atoms with Gasteiger partial charge in [-0.3, -0.25) is 0 Å². The first-order valence-electron chi connectivity index (χ1n) is 6.48. The van der Waals surface area contributed by atoms with Crippen molar-refractivity contribution in [1.82, 2.24) is 0 Å². The van der Waals surface area contributed by atoms with Gasteiger partial charge < -0.3 is 5.73 Å². The largest absolute Gasteiger partial charge is 0.397 e. The third-order valence-electron chi connectivity index (χ3n) is 3.15. The van der Waals surface area contributed by atoms with Gasteiger partial charge in [0.1, 0.15) is 0 Å². The summed E-state index contributed by atoms with van der Waals surface area (Å²) in [6, 6.07) is 0. The van der Waals surface area contributed by atoms with Gasteiger partial charge in [-0.05, 0) is 59.3 Å². The zero-order valence-corrected chi connectivity index (χ0v) is 13.3.